The van der Waals surface area contributed by atoms with Crippen molar-refractivity contribution in [2.24, 2.45) is 0 Å². The zero-order chi connectivity index (χ0) is 14.7. The highest BCUT2D eigenvalue weighted by molar-refractivity contribution is 7.98. The molecule has 110 valence electrons. The zero-order valence-electron chi connectivity index (χ0n) is 12.0. The third-order valence-corrected chi connectivity index (χ3v) is 4.57. The molecule has 4 nitrogen and oxygen atoms in total. The van der Waals surface area contributed by atoms with Crippen LogP contribution in [-0.2, 0) is 12.8 Å². The Bertz CT molecular complexity index is 651. The van der Waals surface area contributed by atoms with Crippen molar-refractivity contribution < 1.29 is 9.32 Å². The summed E-state index contributed by atoms with van der Waals surface area (Å²) in [7, 11) is 0. The van der Waals surface area contributed by atoms with Gasteiger partial charge in [-0.2, -0.15) is 0 Å². The van der Waals surface area contributed by atoms with E-state index in [2.05, 4.69) is 10.5 Å². The van der Waals surface area contributed by atoms with Crippen molar-refractivity contribution in [3.63, 3.8) is 0 Å². The molecule has 1 N–H and O–H groups in total. The van der Waals surface area contributed by atoms with Crippen molar-refractivity contribution in [3.8, 4) is 0 Å². The number of rotatable bonds is 3. The summed E-state index contributed by atoms with van der Waals surface area (Å²) in [5, 5.41) is 6.95. The van der Waals surface area contributed by atoms with E-state index in [4.69, 9.17) is 4.52 Å². The van der Waals surface area contributed by atoms with Gasteiger partial charge in [-0.25, -0.2) is 0 Å². The second-order valence-corrected chi connectivity index (χ2v) is 6.00. The van der Waals surface area contributed by atoms with Gasteiger partial charge in [0, 0.05) is 16.9 Å². The Labute approximate surface area is 128 Å². The van der Waals surface area contributed by atoms with E-state index in [1.807, 2.05) is 30.5 Å². The van der Waals surface area contributed by atoms with E-state index in [1.54, 1.807) is 11.8 Å². The summed E-state index contributed by atoms with van der Waals surface area (Å²) in [4.78, 5) is 13.5. The Balaban J connectivity index is 1.84. The number of fused-ring (bicyclic) bond motifs is 1. The zero-order valence-corrected chi connectivity index (χ0v) is 12.8. The number of aromatic nitrogens is 1. The molecule has 0 fully saturated rings. The number of para-hydroxylation sites is 1. The lowest BCUT2D eigenvalue weighted by Crippen LogP contribution is -2.15. The molecule has 1 aromatic carbocycles. The van der Waals surface area contributed by atoms with E-state index in [0.29, 0.717) is 5.69 Å². The van der Waals surface area contributed by atoms with Gasteiger partial charge in [-0.15, -0.1) is 11.8 Å². The molecule has 0 saturated carbocycles. The maximum absolute atomic E-state index is 12.5. The van der Waals surface area contributed by atoms with Crippen molar-refractivity contribution in [2.75, 3.05) is 11.6 Å². The van der Waals surface area contributed by atoms with Crippen molar-refractivity contribution in [2.45, 2.75) is 37.0 Å². The number of amides is 1. The van der Waals surface area contributed by atoms with Gasteiger partial charge in [-0.1, -0.05) is 23.7 Å². The molecule has 5 heteroatoms. The van der Waals surface area contributed by atoms with Gasteiger partial charge >= 0.3 is 0 Å². The van der Waals surface area contributed by atoms with Gasteiger partial charge in [0.25, 0.3) is 5.91 Å². The molecule has 1 aliphatic carbocycles. The van der Waals surface area contributed by atoms with Crippen LogP contribution in [0.2, 0.25) is 0 Å². The Morgan fingerprint density at radius 3 is 2.90 bits per heavy atom. The van der Waals surface area contributed by atoms with Crippen molar-refractivity contribution in [1.29, 1.82) is 0 Å². The molecule has 1 aliphatic rings. The van der Waals surface area contributed by atoms with Gasteiger partial charge in [0.15, 0.2) is 5.69 Å². The van der Waals surface area contributed by atoms with Crippen LogP contribution in [0.4, 0.5) is 5.69 Å². The highest BCUT2D eigenvalue weighted by Crippen LogP contribution is 2.27. The lowest BCUT2D eigenvalue weighted by molar-refractivity contribution is 0.101. The lowest BCUT2D eigenvalue weighted by Gasteiger charge is -2.08. The van der Waals surface area contributed by atoms with Gasteiger partial charge in [0.1, 0.15) is 5.76 Å². The van der Waals surface area contributed by atoms with Crippen LogP contribution in [-0.4, -0.2) is 17.3 Å². The third kappa shape index (κ3) is 2.97. The molecule has 0 unspecified atom stereocenters. The van der Waals surface area contributed by atoms with Gasteiger partial charge < -0.3 is 9.84 Å². The van der Waals surface area contributed by atoms with Crippen LogP contribution in [0.25, 0.3) is 0 Å². The molecule has 0 radical (unpaired) electrons. The first-order valence-corrected chi connectivity index (χ1v) is 8.44. The standard InChI is InChI=1S/C16H18N2O2S/c1-21-14-10-6-5-8-12(14)17-16(19)15-11-7-3-2-4-9-13(11)20-18-15/h5-6,8,10H,2-4,7,9H2,1H3,(H,17,19). The Morgan fingerprint density at radius 2 is 2.05 bits per heavy atom. The Hall–Kier alpha value is -1.75. The fourth-order valence-corrected chi connectivity index (χ4v) is 3.22. The fourth-order valence-electron chi connectivity index (χ4n) is 2.67. The molecule has 1 heterocycles. The molecule has 2 aromatic rings. The molecule has 0 atom stereocenters. The summed E-state index contributed by atoms with van der Waals surface area (Å²) >= 11 is 1.61. The molecule has 0 spiro atoms. The minimum Gasteiger partial charge on any atom is -0.360 e. The van der Waals surface area contributed by atoms with Gasteiger partial charge in [0.2, 0.25) is 0 Å². The van der Waals surface area contributed by atoms with E-state index >= 15 is 0 Å². The number of nitrogens with one attached hydrogen (secondary N) is 1. The minimum absolute atomic E-state index is 0.177. The average Bonchev–Trinajstić information content (AvgIpc) is 2.77. The fraction of sp³-hybridized carbons (Fsp3) is 0.375. The quantitative estimate of drug-likeness (QED) is 0.689. The summed E-state index contributed by atoms with van der Waals surface area (Å²) in [5.41, 5.74) is 2.26. The Kier molecular flexibility index (Phi) is 4.29. The predicted molar refractivity (Wildman–Crippen MR) is 83.9 cm³/mol. The second kappa shape index (κ2) is 6.35. The van der Waals surface area contributed by atoms with Gasteiger partial charge in [-0.3, -0.25) is 4.79 Å². The predicted octanol–water partition coefficient (Wildman–Crippen LogP) is 3.92. The van der Waals surface area contributed by atoms with Crippen LogP contribution in [0.1, 0.15) is 41.1 Å². The monoisotopic (exact) mass is 302 g/mol. The number of aryl methyl sites for hydroxylation is 1. The molecular formula is C16H18N2O2S. The van der Waals surface area contributed by atoms with Crippen LogP contribution in [0, 0.1) is 0 Å². The maximum atomic E-state index is 12.5. The SMILES string of the molecule is CSc1ccccc1NC(=O)c1noc2c1CCCCC2. The van der Waals surface area contributed by atoms with Crippen LogP contribution in [0.15, 0.2) is 33.7 Å². The smallest absolute Gasteiger partial charge is 0.278 e. The number of benzene rings is 1. The van der Waals surface area contributed by atoms with Crippen LogP contribution < -0.4 is 5.32 Å². The normalized spacial score (nSPS) is 14.3. The molecule has 0 aliphatic heterocycles. The van der Waals surface area contributed by atoms with Gasteiger partial charge in [-0.05, 0) is 37.7 Å². The van der Waals surface area contributed by atoms with E-state index in [1.165, 1.54) is 6.42 Å². The average molecular weight is 302 g/mol. The first-order chi connectivity index (χ1) is 10.3. The molecule has 3 rings (SSSR count). The molecule has 1 aromatic heterocycles. The van der Waals surface area contributed by atoms with E-state index in [0.717, 1.165) is 47.6 Å². The Morgan fingerprint density at radius 1 is 1.24 bits per heavy atom. The van der Waals surface area contributed by atoms with E-state index in [9.17, 15) is 4.79 Å². The topological polar surface area (TPSA) is 55.1 Å². The first kappa shape index (κ1) is 14.2. The maximum Gasteiger partial charge on any atom is 0.278 e. The lowest BCUT2D eigenvalue weighted by atomic mass is 10.1. The number of hydrogen-bond acceptors (Lipinski definition) is 4. The van der Waals surface area contributed by atoms with Crippen LogP contribution in [0.3, 0.4) is 0 Å². The summed E-state index contributed by atoms with van der Waals surface area (Å²) in [6, 6.07) is 7.77. The number of hydrogen-bond donors (Lipinski definition) is 1. The molecule has 0 saturated heterocycles. The highest BCUT2D eigenvalue weighted by Gasteiger charge is 2.23. The number of thioether (sulfide) groups is 1. The van der Waals surface area contributed by atoms with Crippen molar-refractivity contribution in [1.82, 2.24) is 5.16 Å². The third-order valence-electron chi connectivity index (χ3n) is 3.77. The minimum atomic E-state index is -0.177. The van der Waals surface area contributed by atoms with Crippen LogP contribution >= 0.6 is 11.8 Å². The first-order valence-electron chi connectivity index (χ1n) is 7.21. The second-order valence-electron chi connectivity index (χ2n) is 5.15. The molecular weight excluding hydrogens is 284 g/mol. The summed E-state index contributed by atoms with van der Waals surface area (Å²) < 4.78 is 5.37. The number of nitrogens with zero attached hydrogens (tertiary/aromatic N) is 1. The summed E-state index contributed by atoms with van der Waals surface area (Å²) in [6.07, 6.45) is 7.14. The largest absolute Gasteiger partial charge is 0.360 e. The number of carbonyl (C=O) groups excluding carboxylic acids is 1. The van der Waals surface area contributed by atoms with E-state index < -0.39 is 0 Å². The number of anilines is 1. The highest BCUT2D eigenvalue weighted by atomic mass is 32.2. The van der Waals surface area contributed by atoms with Crippen molar-refractivity contribution in [3.05, 3.63) is 41.3 Å². The summed E-state index contributed by atoms with van der Waals surface area (Å²) in [6.45, 7) is 0. The number of carbonyl (C=O) groups is 1. The van der Waals surface area contributed by atoms with Crippen LogP contribution in [0.5, 0.6) is 0 Å². The van der Waals surface area contributed by atoms with E-state index in [-0.39, 0.29) is 5.91 Å². The van der Waals surface area contributed by atoms with Gasteiger partial charge in [0.05, 0.1) is 5.69 Å². The molecule has 0 bridgehead atoms. The molecule has 21 heavy (non-hydrogen) atoms. The molecule has 1 amide bonds. The van der Waals surface area contributed by atoms with Crippen molar-refractivity contribution >= 4 is 23.4 Å². The summed E-state index contributed by atoms with van der Waals surface area (Å²) in [5.74, 6) is 0.708.